The second kappa shape index (κ2) is 11.1. The van der Waals surface area contributed by atoms with Crippen LogP contribution >= 0.6 is 0 Å². The highest BCUT2D eigenvalue weighted by Gasteiger charge is 2.22. The Balaban J connectivity index is 1.39. The lowest BCUT2D eigenvalue weighted by Crippen LogP contribution is -2.49. The maximum Gasteiger partial charge on any atom is 0.319 e. The van der Waals surface area contributed by atoms with Crippen molar-refractivity contribution in [2.24, 2.45) is 0 Å². The molecule has 0 unspecified atom stereocenters. The average molecular weight is 477 g/mol. The van der Waals surface area contributed by atoms with E-state index < -0.39 is 16.1 Å². The van der Waals surface area contributed by atoms with Gasteiger partial charge in [0.1, 0.15) is 5.82 Å². The van der Waals surface area contributed by atoms with Crippen LogP contribution in [-0.4, -0.2) is 81.6 Å². The van der Waals surface area contributed by atoms with Crippen molar-refractivity contribution in [2.45, 2.75) is 11.3 Å². The first-order chi connectivity index (χ1) is 15.8. The number of nitrogens with one attached hydrogen (secondary N) is 2. The summed E-state index contributed by atoms with van der Waals surface area (Å²) in [6, 6.07) is 11.0. The molecule has 1 aromatic carbocycles. The highest BCUT2D eigenvalue weighted by Crippen LogP contribution is 2.17. The van der Waals surface area contributed by atoms with E-state index in [9.17, 15) is 18.0 Å². The predicted octanol–water partition coefficient (Wildman–Crippen LogP) is 1.12. The number of amides is 3. The molecule has 0 aliphatic carbocycles. The van der Waals surface area contributed by atoms with Crippen molar-refractivity contribution in [1.82, 2.24) is 19.7 Å². The summed E-state index contributed by atoms with van der Waals surface area (Å²) in [6.07, 6.45) is 1.94. The van der Waals surface area contributed by atoms with E-state index in [0.717, 1.165) is 10.3 Å². The zero-order chi connectivity index (χ0) is 23.8. The second-order valence-corrected chi connectivity index (χ2v) is 9.24. The van der Waals surface area contributed by atoms with Gasteiger partial charge >= 0.3 is 6.03 Å². The average Bonchev–Trinajstić information content (AvgIpc) is 2.84. The molecule has 1 saturated heterocycles. The largest absolute Gasteiger partial charge is 0.353 e. The first-order valence-electron chi connectivity index (χ1n) is 10.4. The maximum atomic E-state index is 12.4. The van der Waals surface area contributed by atoms with Gasteiger partial charge in [0.15, 0.2) is 0 Å². The van der Waals surface area contributed by atoms with Gasteiger partial charge in [-0.15, -0.1) is 0 Å². The number of urea groups is 1. The van der Waals surface area contributed by atoms with Crippen LogP contribution < -0.4 is 15.5 Å². The molecule has 178 valence electrons. The number of hydrogen-bond acceptors (Lipinski definition) is 7. The van der Waals surface area contributed by atoms with E-state index in [4.69, 9.17) is 4.84 Å². The van der Waals surface area contributed by atoms with E-state index in [0.29, 0.717) is 31.9 Å². The Morgan fingerprint density at radius 1 is 1.09 bits per heavy atom. The fourth-order valence-corrected chi connectivity index (χ4v) is 4.27. The topological polar surface area (TPSA) is 124 Å². The molecular weight excluding hydrogens is 448 g/mol. The fraction of sp³-hybridized carbons (Fsp3) is 0.381. The van der Waals surface area contributed by atoms with Gasteiger partial charge in [0.25, 0.3) is 10.0 Å². The van der Waals surface area contributed by atoms with Crippen LogP contribution in [0.3, 0.4) is 0 Å². The van der Waals surface area contributed by atoms with Gasteiger partial charge in [0, 0.05) is 58.1 Å². The lowest BCUT2D eigenvalue weighted by molar-refractivity contribution is -0.131. The minimum absolute atomic E-state index is 0.0206. The van der Waals surface area contributed by atoms with E-state index >= 15 is 0 Å². The van der Waals surface area contributed by atoms with Crippen molar-refractivity contribution in [2.75, 3.05) is 57.1 Å². The number of carbonyl (C=O) groups is 2. The monoisotopic (exact) mass is 476 g/mol. The molecule has 33 heavy (non-hydrogen) atoms. The van der Waals surface area contributed by atoms with Crippen LogP contribution in [0.2, 0.25) is 0 Å². The number of nitrogens with zero attached hydrogens (tertiary/aromatic N) is 4. The van der Waals surface area contributed by atoms with Gasteiger partial charge in [-0.25, -0.2) is 18.2 Å². The second-order valence-electron chi connectivity index (χ2n) is 7.31. The van der Waals surface area contributed by atoms with Gasteiger partial charge in [-0.2, -0.15) is 0 Å². The number of carbonyl (C=O) groups excluding carboxylic acids is 2. The smallest absolute Gasteiger partial charge is 0.319 e. The number of benzene rings is 1. The molecule has 11 nitrogen and oxygen atoms in total. The number of aromatic nitrogens is 1. The molecule has 0 spiro atoms. The Kier molecular flexibility index (Phi) is 8.20. The van der Waals surface area contributed by atoms with Gasteiger partial charge in [0.2, 0.25) is 5.91 Å². The zero-order valence-corrected chi connectivity index (χ0v) is 19.4. The maximum absolute atomic E-state index is 12.4. The molecule has 1 aliphatic heterocycles. The van der Waals surface area contributed by atoms with E-state index in [1.165, 1.54) is 38.4 Å². The number of piperazine rings is 1. The summed E-state index contributed by atoms with van der Waals surface area (Å²) in [7, 11) is -1.21. The first kappa shape index (κ1) is 24.4. The van der Waals surface area contributed by atoms with E-state index in [-0.39, 0.29) is 23.8 Å². The number of hydroxylamine groups is 1. The predicted molar refractivity (Wildman–Crippen MR) is 123 cm³/mol. The molecule has 3 rings (SSSR count). The van der Waals surface area contributed by atoms with Gasteiger partial charge in [-0.1, -0.05) is 10.5 Å². The van der Waals surface area contributed by atoms with E-state index in [1.807, 2.05) is 18.2 Å². The highest BCUT2D eigenvalue weighted by molar-refractivity contribution is 7.89. The third kappa shape index (κ3) is 6.40. The molecule has 2 N–H and O–H groups in total. The van der Waals surface area contributed by atoms with Crippen molar-refractivity contribution in [1.29, 1.82) is 0 Å². The molecule has 1 fully saturated rings. The summed E-state index contributed by atoms with van der Waals surface area (Å²) in [6.45, 7) is 2.82. The molecule has 0 bridgehead atoms. The molecule has 1 aliphatic rings. The standard InChI is InChI=1S/C21H28N6O5S/c1-25(32-2)33(30,31)18-8-6-17(7-9-18)24-21(29)23-12-10-20(28)27-15-13-26(14-16-27)19-5-3-4-11-22-19/h3-9,11H,10,12-16H2,1-2H3,(H2,23,24,29). The third-order valence-electron chi connectivity index (χ3n) is 5.24. The Morgan fingerprint density at radius 2 is 1.79 bits per heavy atom. The van der Waals surface area contributed by atoms with Crippen molar-refractivity contribution in [3.05, 3.63) is 48.7 Å². The molecule has 3 amide bonds. The number of sulfonamides is 1. The van der Waals surface area contributed by atoms with Crippen LogP contribution in [0.25, 0.3) is 0 Å². The Morgan fingerprint density at radius 3 is 2.39 bits per heavy atom. The van der Waals surface area contributed by atoms with Gasteiger partial charge in [-0.3, -0.25) is 9.63 Å². The molecule has 0 radical (unpaired) electrons. The summed E-state index contributed by atoms with van der Waals surface area (Å²) in [5.41, 5.74) is 0.420. The molecule has 2 heterocycles. The lowest BCUT2D eigenvalue weighted by atomic mass is 10.2. The van der Waals surface area contributed by atoms with Crippen molar-refractivity contribution in [3.63, 3.8) is 0 Å². The molecule has 0 saturated carbocycles. The van der Waals surface area contributed by atoms with Gasteiger partial charge in [0.05, 0.1) is 12.0 Å². The number of pyridine rings is 1. The molecular formula is C21H28N6O5S. The minimum Gasteiger partial charge on any atom is -0.353 e. The summed E-state index contributed by atoms with van der Waals surface area (Å²) < 4.78 is 25.1. The summed E-state index contributed by atoms with van der Waals surface area (Å²) in [5, 5.41) is 5.26. The number of hydrogen-bond donors (Lipinski definition) is 2. The lowest BCUT2D eigenvalue weighted by Gasteiger charge is -2.35. The van der Waals surface area contributed by atoms with Crippen LogP contribution in [0.4, 0.5) is 16.3 Å². The molecule has 0 atom stereocenters. The van der Waals surface area contributed by atoms with E-state index in [2.05, 4.69) is 20.5 Å². The van der Waals surface area contributed by atoms with Crippen molar-refractivity contribution in [3.8, 4) is 0 Å². The van der Waals surface area contributed by atoms with E-state index in [1.54, 1.807) is 11.1 Å². The summed E-state index contributed by atoms with van der Waals surface area (Å²) in [4.78, 5) is 37.6. The molecule has 2 aromatic rings. The normalized spacial score (nSPS) is 14.3. The number of anilines is 2. The molecule has 12 heteroatoms. The van der Waals surface area contributed by atoms with Crippen LogP contribution in [0.5, 0.6) is 0 Å². The minimum atomic E-state index is -3.75. The first-order valence-corrected chi connectivity index (χ1v) is 11.9. The van der Waals surface area contributed by atoms with Crippen molar-refractivity contribution >= 4 is 33.5 Å². The van der Waals surface area contributed by atoms with Crippen molar-refractivity contribution < 1.29 is 22.8 Å². The third-order valence-corrected chi connectivity index (χ3v) is 6.93. The van der Waals surface area contributed by atoms with Gasteiger partial charge in [-0.05, 0) is 36.4 Å². The van der Waals surface area contributed by atoms with Crippen LogP contribution in [0, 0.1) is 0 Å². The Bertz CT molecular complexity index is 1040. The quantitative estimate of drug-likeness (QED) is 0.547. The summed E-state index contributed by atoms with van der Waals surface area (Å²) in [5.74, 6) is 0.882. The number of rotatable bonds is 8. The van der Waals surface area contributed by atoms with Crippen LogP contribution in [0.15, 0.2) is 53.6 Å². The van der Waals surface area contributed by atoms with Crippen LogP contribution in [-0.2, 0) is 19.7 Å². The SMILES string of the molecule is CON(C)S(=O)(=O)c1ccc(NC(=O)NCCC(=O)N2CCN(c3ccccn3)CC2)cc1. The Hall–Kier alpha value is -3.22. The van der Waals surface area contributed by atoms with Gasteiger partial charge < -0.3 is 20.4 Å². The Labute approximate surface area is 193 Å². The fourth-order valence-electron chi connectivity index (χ4n) is 3.30. The molecule has 1 aromatic heterocycles. The van der Waals surface area contributed by atoms with Crippen LogP contribution in [0.1, 0.15) is 6.42 Å². The highest BCUT2D eigenvalue weighted by atomic mass is 32.2. The zero-order valence-electron chi connectivity index (χ0n) is 18.6. The summed E-state index contributed by atoms with van der Waals surface area (Å²) >= 11 is 0.